The number of fused-ring (bicyclic) bond motifs is 1. The molecule has 4 rings (SSSR count). The Kier molecular flexibility index (Phi) is 4.42. The molecule has 2 saturated heterocycles. The molecule has 3 atom stereocenters. The molecule has 0 aromatic carbocycles. The molecule has 136 valence electrons. The number of hydrogen-bond acceptors (Lipinski definition) is 6. The number of aromatic amines is 1. The summed E-state index contributed by atoms with van der Waals surface area (Å²) in [5.41, 5.74) is 0.564. The van der Waals surface area contributed by atoms with Crippen LogP contribution in [-0.4, -0.2) is 63.2 Å². The molecule has 8 heteroatoms. The molecule has 2 fully saturated rings. The van der Waals surface area contributed by atoms with E-state index in [-0.39, 0.29) is 35.6 Å². The second kappa shape index (κ2) is 6.87. The number of nitrogens with zero attached hydrogens (tertiary/aromatic N) is 3. The summed E-state index contributed by atoms with van der Waals surface area (Å²) in [4.78, 5) is 30.2. The van der Waals surface area contributed by atoms with Crippen molar-refractivity contribution in [3.05, 3.63) is 42.0 Å². The number of pyridine rings is 1. The number of nitrogens with one attached hydrogen (secondary N) is 1. The largest absolute Gasteiger partial charge is 0.484 e. The third-order valence-electron chi connectivity index (χ3n) is 4.83. The molecule has 1 N–H and O–H groups in total. The van der Waals surface area contributed by atoms with E-state index in [1.807, 2.05) is 6.07 Å². The van der Waals surface area contributed by atoms with Crippen LogP contribution in [0.4, 0.5) is 0 Å². The number of likely N-dealkylation sites (tertiary alicyclic amines) is 1. The molecule has 2 aliphatic rings. The molecule has 26 heavy (non-hydrogen) atoms. The summed E-state index contributed by atoms with van der Waals surface area (Å²) in [5, 5.41) is 6.58. The zero-order valence-electron chi connectivity index (χ0n) is 14.4. The number of rotatable bonds is 4. The van der Waals surface area contributed by atoms with Gasteiger partial charge in [0.05, 0.1) is 18.8 Å². The Labute approximate surface area is 150 Å². The number of ether oxygens (including phenoxy) is 2. The number of ketones is 1. The molecule has 2 aliphatic heterocycles. The molecule has 0 unspecified atom stereocenters. The molecule has 0 saturated carbocycles. The summed E-state index contributed by atoms with van der Waals surface area (Å²) in [5.74, 6) is 0.279. The normalized spacial score (nSPS) is 25.0. The van der Waals surface area contributed by atoms with Crippen molar-refractivity contribution in [2.24, 2.45) is 0 Å². The third kappa shape index (κ3) is 3.08. The number of carbonyl (C=O) groups is 2. The number of carbonyl (C=O) groups excluding carboxylic acids is 2. The van der Waals surface area contributed by atoms with Crippen molar-refractivity contribution >= 4 is 11.7 Å². The smallest absolute Gasteiger partial charge is 0.272 e. The second-order valence-corrected chi connectivity index (χ2v) is 6.57. The van der Waals surface area contributed by atoms with Crippen LogP contribution in [0, 0.1) is 0 Å². The molecule has 1 amide bonds. The van der Waals surface area contributed by atoms with Gasteiger partial charge in [-0.3, -0.25) is 19.7 Å². The van der Waals surface area contributed by atoms with Gasteiger partial charge < -0.3 is 14.4 Å². The Bertz CT molecular complexity index is 807. The van der Waals surface area contributed by atoms with Gasteiger partial charge in [-0.1, -0.05) is 0 Å². The van der Waals surface area contributed by atoms with Crippen molar-refractivity contribution in [1.29, 1.82) is 0 Å². The summed E-state index contributed by atoms with van der Waals surface area (Å²) >= 11 is 0. The number of H-pyrrole nitrogens is 1. The summed E-state index contributed by atoms with van der Waals surface area (Å²) in [7, 11) is 0. The summed E-state index contributed by atoms with van der Waals surface area (Å²) in [6.07, 6.45) is 4.65. The maximum absolute atomic E-state index is 13.0. The van der Waals surface area contributed by atoms with Gasteiger partial charge in [0.15, 0.2) is 5.78 Å². The minimum Gasteiger partial charge on any atom is -0.484 e. The Morgan fingerprint density at radius 1 is 1.42 bits per heavy atom. The second-order valence-electron chi connectivity index (χ2n) is 6.57. The van der Waals surface area contributed by atoms with Crippen LogP contribution in [0.5, 0.6) is 5.75 Å². The third-order valence-corrected chi connectivity index (χ3v) is 4.83. The van der Waals surface area contributed by atoms with Gasteiger partial charge in [-0.15, -0.1) is 0 Å². The van der Waals surface area contributed by atoms with Crippen LogP contribution in [0.1, 0.15) is 40.7 Å². The molecule has 2 aromatic rings. The Morgan fingerprint density at radius 2 is 2.31 bits per heavy atom. The highest BCUT2D eigenvalue weighted by molar-refractivity contribution is 5.97. The molecule has 0 spiro atoms. The highest BCUT2D eigenvalue weighted by atomic mass is 16.5. The van der Waals surface area contributed by atoms with Gasteiger partial charge in [0.25, 0.3) is 5.91 Å². The fourth-order valence-electron chi connectivity index (χ4n) is 3.60. The standard InChI is InChI=1S/C18H20N4O4/c1-11(23)13-8-14(21-20-13)18(24)22-10-16(17-15(22)5-3-7-25-17)26-12-4-2-6-19-9-12/h2,4,6,8-9,15-17H,3,5,7,10H2,1H3,(H,20,21)/t15-,16+,17+/m1/s1. The predicted molar refractivity (Wildman–Crippen MR) is 91.0 cm³/mol. The van der Waals surface area contributed by atoms with Crippen molar-refractivity contribution in [2.75, 3.05) is 13.2 Å². The first-order valence-corrected chi connectivity index (χ1v) is 8.69. The summed E-state index contributed by atoms with van der Waals surface area (Å²) in [6, 6.07) is 5.09. The molecule has 2 aromatic heterocycles. The van der Waals surface area contributed by atoms with Crippen molar-refractivity contribution in [3.63, 3.8) is 0 Å². The van der Waals surface area contributed by atoms with Crippen LogP contribution in [0.15, 0.2) is 30.6 Å². The molecule has 0 aliphatic carbocycles. The van der Waals surface area contributed by atoms with Gasteiger partial charge in [0.2, 0.25) is 0 Å². The van der Waals surface area contributed by atoms with E-state index in [9.17, 15) is 9.59 Å². The van der Waals surface area contributed by atoms with Crippen LogP contribution in [-0.2, 0) is 4.74 Å². The van der Waals surface area contributed by atoms with Gasteiger partial charge in [-0.2, -0.15) is 5.10 Å². The average Bonchev–Trinajstić information content (AvgIpc) is 3.28. The highest BCUT2D eigenvalue weighted by Crippen LogP contribution is 2.32. The van der Waals surface area contributed by atoms with E-state index in [1.165, 1.54) is 13.0 Å². The van der Waals surface area contributed by atoms with Gasteiger partial charge in [-0.25, -0.2) is 0 Å². The Hall–Kier alpha value is -2.74. The lowest BCUT2D eigenvalue weighted by Gasteiger charge is -2.31. The van der Waals surface area contributed by atoms with Crippen LogP contribution < -0.4 is 4.74 Å². The first kappa shape index (κ1) is 16.7. The Morgan fingerprint density at radius 3 is 3.04 bits per heavy atom. The monoisotopic (exact) mass is 356 g/mol. The minimum absolute atomic E-state index is 0.0537. The lowest BCUT2D eigenvalue weighted by Crippen LogP contribution is -2.44. The zero-order chi connectivity index (χ0) is 18.1. The molecule has 8 nitrogen and oxygen atoms in total. The van der Waals surface area contributed by atoms with E-state index in [4.69, 9.17) is 9.47 Å². The van der Waals surface area contributed by atoms with Gasteiger partial charge in [0, 0.05) is 19.7 Å². The van der Waals surface area contributed by atoms with E-state index < -0.39 is 0 Å². The summed E-state index contributed by atoms with van der Waals surface area (Å²) in [6.45, 7) is 2.50. The van der Waals surface area contributed by atoms with Crippen molar-refractivity contribution in [3.8, 4) is 5.75 Å². The van der Waals surface area contributed by atoms with E-state index >= 15 is 0 Å². The van der Waals surface area contributed by atoms with Crippen LogP contribution in [0.2, 0.25) is 0 Å². The average molecular weight is 356 g/mol. The number of Topliss-reactive ketones (excluding diaryl/α,β-unsaturated/α-hetero) is 1. The predicted octanol–water partition coefficient (Wildman–Crippen LogP) is 1.46. The van der Waals surface area contributed by atoms with Gasteiger partial charge in [0.1, 0.15) is 29.3 Å². The fraction of sp³-hybridized carbons (Fsp3) is 0.444. The van der Waals surface area contributed by atoms with Gasteiger partial charge in [-0.05, 0) is 31.0 Å². The van der Waals surface area contributed by atoms with Gasteiger partial charge >= 0.3 is 0 Å². The number of hydrogen-bond donors (Lipinski definition) is 1. The molecular weight excluding hydrogens is 336 g/mol. The lowest BCUT2D eigenvalue weighted by atomic mass is 10.0. The molecule has 0 radical (unpaired) electrons. The minimum atomic E-state index is -0.261. The SMILES string of the molecule is CC(=O)c1cc(C(=O)N2C[C@H](Oc3cccnc3)[C@H]3OCCC[C@H]32)[nH]n1. The lowest BCUT2D eigenvalue weighted by molar-refractivity contribution is -0.0447. The topological polar surface area (TPSA) is 97.4 Å². The summed E-state index contributed by atoms with van der Waals surface area (Å²) < 4.78 is 12.0. The van der Waals surface area contributed by atoms with Crippen LogP contribution in [0.3, 0.4) is 0 Å². The van der Waals surface area contributed by atoms with Crippen molar-refractivity contribution in [2.45, 2.75) is 38.0 Å². The van der Waals surface area contributed by atoms with E-state index in [2.05, 4.69) is 15.2 Å². The highest BCUT2D eigenvalue weighted by Gasteiger charge is 2.47. The number of aromatic nitrogens is 3. The maximum Gasteiger partial charge on any atom is 0.272 e. The van der Waals surface area contributed by atoms with E-state index in [1.54, 1.807) is 23.4 Å². The Balaban J connectivity index is 1.55. The molecular formula is C18H20N4O4. The van der Waals surface area contributed by atoms with E-state index in [0.29, 0.717) is 24.6 Å². The number of amides is 1. The quantitative estimate of drug-likeness (QED) is 0.833. The first-order chi connectivity index (χ1) is 12.6. The zero-order valence-corrected chi connectivity index (χ0v) is 14.4. The van der Waals surface area contributed by atoms with Crippen LogP contribution >= 0.6 is 0 Å². The maximum atomic E-state index is 13.0. The molecule has 0 bridgehead atoms. The molecule has 4 heterocycles. The fourth-order valence-corrected chi connectivity index (χ4v) is 3.60. The first-order valence-electron chi connectivity index (χ1n) is 8.69. The van der Waals surface area contributed by atoms with Crippen LogP contribution in [0.25, 0.3) is 0 Å². The van der Waals surface area contributed by atoms with Crippen molar-refractivity contribution < 1.29 is 19.1 Å². The van der Waals surface area contributed by atoms with E-state index in [0.717, 1.165) is 12.8 Å². The van der Waals surface area contributed by atoms with Crippen molar-refractivity contribution in [1.82, 2.24) is 20.1 Å².